The van der Waals surface area contributed by atoms with Gasteiger partial charge in [0.25, 0.3) is 0 Å². The molecule has 0 aliphatic rings. The lowest BCUT2D eigenvalue weighted by atomic mass is 10.1. The molecule has 0 aliphatic heterocycles. The summed E-state index contributed by atoms with van der Waals surface area (Å²) in [5, 5.41) is 0. The summed E-state index contributed by atoms with van der Waals surface area (Å²) >= 11 is 0. The zero-order valence-corrected chi connectivity index (χ0v) is 20.6. The minimum Gasteiger partial charge on any atom is -0.469 e. The van der Waals surface area contributed by atoms with Crippen molar-refractivity contribution in [3.05, 3.63) is 96.5 Å². The average Bonchev–Trinajstić information content (AvgIpc) is 2.87. The second-order valence-corrected chi connectivity index (χ2v) is 7.70. The van der Waals surface area contributed by atoms with Crippen LogP contribution in [-0.2, 0) is 33.2 Å². The lowest BCUT2D eigenvalue weighted by Gasteiger charge is -2.19. The maximum absolute atomic E-state index is 12.1. The molecule has 0 radical (unpaired) electrons. The van der Waals surface area contributed by atoms with Crippen LogP contribution in [0, 0.1) is 0 Å². The summed E-state index contributed by atoms with van der Waals surface area (Å²) in [5.41, 5.74) is 1.85. The van der Waals surface area contributed by atoms with E-state index in [-0.39, 0.29) is 31.0 Å². The summed E-state index contributed by atoms with van der Waals surface area (Å²) in [6.07, 6.45) is 0.660. The zero-order chi connectivity index (χ0) is 25.3. The van der Waals surface area contributed by atoms with Crippen molar-refractivity contribution in [3.8, 4) is 0 Å². The van der Waals surface area contributed by atoms with E-state index in [1.165, 1.54) is 0 Å². The van der Waals surface area contributed by atoms with E-state index in [0.29, 0.717) is 38.4 Å². The molecule has 190 valence electrons. The number of methoxy groups -OCH3 is 2. The predicted molar refractivity (Wildman–Crippen MR) is 133 cm³/mol. The molecule has 0 spiro atoms. The SMILES string of the molecule is C=C(OCOCCCOCCCC(=O)OC(=C)C(OC)c1ccccc1)C(OC)c1ccccc1. The summed E-state index contributed by atoms with van der Waals surface area (Å²) in [5.74, 6) is 0.402. The van der Waals surface area contributed by atoms with Gasteiger partial charge in [-0.2, -0.15) is 0 Å². The fourth-order valence-corrected chi connectivity index (χ4v) is 3.35. The molecule has 0 fully saturated rings. The Balaban J connectivity index is 1.49. The van der Waals surface area contributed by atoms with E-state index in [0.717, 1.165) is 11.1 Å². The molecule has 0 amide bonds. The molecule has 0 saturated heterocycles. The first-order valence-electron chi connectivity index (χ1n) is 11.6. The van der Waals surface area contributed by atoms with Crippen LogP contribution in [0.3, 0.4) is 0 Å². The fourth-order valence-electron chi connectivity index (χ4n) is 3.35. The molecule has 2 aromatic carbocycles. The number of esters is 1. The molecule has 0 aromatic heterocycles. The quantitative estimate of drug-likeness (QED) is 0.120. The Morgan fingerprint density at radius 2 is 1.26 bits per heavy atom. The van der Waals surface area contributed by atoms with Crippen molar-refractivity contribution in [2.24, 2.45) is 0 Å². The standard InChI is InChI=1S/C28H36O7/c1-22(27(30-3)24-13-7-5-8-14-24)34-21-33-20-12-19-32-18-11-17-26(29)35-23(2)28(31-4)25-15-9-6-10-16-25/h5-10,13-16,27-28H,1-2,11-12,17-21H2,3-4H3. The van der Waals surface area contributed by atoms with Gasteiger partial charge in [0.15, 0.2) is 6.79 Å². The Morgan fingerprint density at radius 1 is 0.743 bits per heavy atom. The maximum atomic E-state index is 12.1. The summed E-state index contributed by atoms with van der Waals surface area (Å²) in [7, 11) is 3.17. The third-order valence-corrected chi connectivity index (χ3v) is 5.08. The second kappa shape index (κ2) is 16.6. The van der Waals surface area contributed by atoms with Crippen molar-refractivity contribution >= 4 is 5.97 Å². The first kappa shape index (κ1) is 28.3. The molecular weight excluding hydrogens is 448 g/mol. The fraction of sp³-hybridized carbons (Fsp3) is 0.393. The van der Waals surface area contributed by atoms with Gasteiger partial charge in [-0.25, -0.2) is 0 Å². The number of carbonyl (C=O) groups excluding carboxylic acids is 1. The van der Waals surface area contributed by atoms with E-state index in [2.05, 4.69) is 13.2 Å². The Hall–Kier alpha value is -2.97. The molecule has 2 rings (SSSR count). The summed E-state index contributed by atoms with van der Waals surface area (Å²) in [6.45, 7) is 9.32. The average molecular weight is 485 g/mol. The Bertz CT molecular complexity index is 883. The van der Waals surface area contributed by atoms with Crippen molar-refractivity contribution in [1.82, 2.24) is 0 Å². The van der Waals surface area contributed by atoms with Crippen LogP contribution in [0.1, 0.15) is 42.6 Å². The molecule has 2 unspecified atom stereocenters. The van der Waals surface area contributed by atoms with E-state index >= 15 is 0 Å². The third-order valence-electron chi connectivity index (χ3n) is 5.08. The highest BCUT2D eigenvalue weighted by molar-refractivity contribution is 5.70. The Labute approximate surface area is 208 Å². The number of benzene rings is 2. The lowest BCUT2D eigenvalue weighted by Crippen LogP contribution is -2.12. The summed E-state index contributed by atoms with van der Waals surface area (Å²) in [6, 6.07) is 19.2. The molecule has 7 nitrogen and oxygen atoms in total. The van der Waals surface area contributed by atoms with Gasteiger partial charge >= 0.3 is 5.97 Å². The van der Waals surface area contributed by atoms with Crippen LogP contribution in [0.15, 0.2) is 85.3 Å². The van der Waals surface area contributed by atoms with E-state index < -0.39 is 6.10 Å². The van der Waals surface area contributed by atoms with Gasteiger partial charge in [-0.15, -0.1) is 0 Å². The first-order valence-corrected chi connectivity index (χ1v) is 11.6. The van der Waals surface area contributed by atoms with Crippen molar-refractivity contribution in [2.45, 2.75) is 31.5 Å². The first-order chi connectivity index (χ1) is 17.1. The van der Waals surface area contributed by atoms with Crippen LogP contribution in [-0.4, -0.2) is 46.8 Å². The molecule has 35 heavy (non-hydrogen) atoms. The van der Waals surface area contributed by atoms with Crippen LogP contribution >= 0.6 is 0 Å². The van der Waals surface area contributed by atoms with Gasteiger partial charge in [0.05, 0.1) is 6.61 Å². The van der Waals surface area contributed by atoms with Crippen molar-refractivity contribution in [1.29, 1.82) is 0 Å². The molecule has 2 aromatic rings. The molecule has 0 saturated carbocycles. The Morgan fingerprint density at radius 3 is 1.83 bits per heavy atom. The van der Waals surface area contributed by atoms with Crippen LogP contribution in [0.2, 0.25) is 0 Å². The topological polar surface area (TPSA) is 72.5 Å². The molecule has 0 aliphatic carbocycles. The smallest absolute Gasteiger partial charge is 0.311 e. The minimum atomic E-state index is -0.490. The molecule has 0 bridgehead atoms. The van der Waals surface area contributed by atoms with E-state index in [9.17, 15) is 4.79 Å². The van der Waals surface area contributed by atoms with Crippen molar-refractivity contribution in [2.75, 3.05) is 40.8 Å². The van der Waals surface area contributed by atoms with Gasteiger partial charge in [-0.05, 0) is 24.0 Å². The number of rotatable bonds is 18. The van der Waals surface area contributed by atoms with E-state index in [1.807, 2.05) is 60.7 Å². The van der Waals surface area contributed by atoms with Crippen molar-refractivity contribution in [3.63, 3.8) is 0 Å². The highest BCUT2D eigenvalue weighted by Gasteiger charge is 2.18. The monoisotopic (exact) mass is 484 g/mol. The highest BCUT2D eigenvalue weighted by atomic mass is 16.7. The molecule has 0 N–H and O–H groups in total. The van der Waals surface area contributed by atoms with Gasteiger partial charge in [0.2, 0.25) is 0 Å². The molecule has 7 heteroatoms. The minimum absolute atomic E-state index is 0.0900. The van der Waals surface area contributed by atoms with Gasteiger partial charge in [0, 0.05) is 33.9 Å². The number of carbonyl (C=O) groups is 1. The van der Waals surface area contributed by atoms with Gasteiger partial charge in [-0.3, -0.25) is 4.79 Å². The van der Waals surface area contributed by atoms with Crippen LogP contribution in [0.5, 0.6) is 0 Å². The Kier molecular flexibility index (Phi) is 13.4. The summed E-state index contributed by atoms with van der Waals surface area (Å²) < 4.78 is 32.8. The number of hydrogen-bond acceptors (Lipinski definition) is 7. The van der Waals surface area contributed by atoms with Crippen LogP contribution < -0.4 is 0 Å². The third kappa shape index (κ3) is 10.4. The van der Waals surface area contributed by atoms with Gasteiger partial charge in [-0.1, -0.05) is 73.8 Å². The van der Waals surface area contributed by atoms with Crippen LogP contribution in [0.4, 0.5) is 0 Å². The van der Waals surface area contributed by atoms with Gasteiger partial charge < -0.3 is 28.4 Å². The highest BCUT2D eigenvalue weighted by Crippen LogP contribution is 2.25. The number of ether oxygens (including phenoxy) is 6. The van der Waals surface area contributed by atoms with Crippen molar-refractivity contribution < 1.29 is 33.2 Å². The zero-order valence-electron chi connectivity index (χ0n) is 20.6. The number of hydrogen-bond donors (Lipinski definition) is 0. The largest absolute Gasteiger partial charge is 0.469 e. The van der Waals surface area contributed by atoms with Crippen LogP contribution in [0.25, 0.3) is 0 Å². The predicted octanol–water partition coefficient (Wildman–Crippen LogP) is 5.51. The van der Waals surface area contributed by atoms with E-state index in [4.69, 9.17) is 28.4 Å². The van der Waals surface area contributed by atoms with E-state index in [1.54, 1.807) is 14.2 Å². The normalized spacial score (nSPS) is 12.5. The summed E-state index contributed by atoms with van der Waals surface area (Å²) in [4.78, 5) is 12.1. The molecule has 2 atom stereocenters. The molecular formula is C28H36O7. The second-order valence-electron chi connectivity index (χ2n) is 7.70. The lowest BCUT2D eigenvalue weighted by molar-refractivity contribution is -0.141. The maximum Gasteiger partial charge on any atom is 0.311 e. The molecule has 0 heterocycles. The van der Waals surface area contributed by atoms with Gasteiger partial charge in [0.1, 0.15) is 23.7 Å².